The highest BCUT2D eigenvalue weighted by Gasteiger charge is 2.10. The molecular weight excluding hydrogens is 309 g/mol. The van der Waals surface area contributed by atoms with Crippen molar-refractivity contribution in [3.63, 3.8) is 0 Å². The van der Waals surface area contributed by atoms with Gasteiger partial charge in [0.25, 0.3) is 5.91 Å². The molecule has 1 N–H and O–H groups in total. The Morgan fingerprint density at radius 1 is 1.23 bits per heavy atom. The zero-order valence-corrected chi connectivity index (χ0v) is 12.9. The summed E-state index contributed by atoms with van der Waals surface area (Å²) in [5.41, 5.74) is 1.35. The lowest BCUT2D eigenvalue weighted by Crippen LogP contribution is -2.20. The molecule has 0 heterocycles. The Morgan fingerprint density at radius 3 is 2.68 bits per heavy atom. The molecule has 0 unspecified atom stereocenters. The van der Waals surface area contributed by atoms with Crippen LogP contribution in [-0.2, 0) is 4.79 Å². The number of methoxy groups -OCH3 is 1. The van der Waals surface area contributed by atoms with E-state index in [1.54, 1.807) is 6.07 Å². The van der Waals surface area contributed by atoms with Gasteiger partial charge in [0.1, 0.15) is 5.82 Å². The minimum atomic E-state index is -0.469. The van der Waals surface area contributed by atoms with Crippen LogP contribution in [0.4, 0.5) is 10.1 Å². The second-order valence-electron chi connectivity index (χ2n) is 4.62. The molecule has 4 nitrogen and oxygen atoms in total. The van der Waals surface area contributed by atoms with Gasteiger partial charge in [-0.05, 0) is 42.8 Å². The highest BCUT2D eigenvalue weighted by molar-refractivity contribution is 6.33. The van der Waals surface area contributed by atoms with Crippen molar-refractivity contribution in [3.8, 4) is 11.5 Å². The van der Waals surface area contributed by atoms with E-state index < -0.39 is 11.7 Å². The monoisotopic (exact) mass is 323 g/mol. The first kappa shape index (κ1) is 16.1. The summed E-state index contributed by atoms with van der Waals surface area (Å²) >= 11 is 5.84. The first-order valence-corrected chi connectivity index (χ1v) is 6.89. The van der Waals surface area contributed by atoms with Gasteiger partial charge in [-0.2, -0.15) is 0 Å². The molecule has 0 saturated heterocycles. The fourth-order valence-corrected chi connectivity index (χ4v) is 2.03. The van der Waals surface area contributed by atoms with Gasteiger partial charge in [0.15, 0.2) is 18.1 Å². The van der Waals surface area contributed by atoms with E-state index in [2.05, 4.69) is 5.32 Å². The van der Waals surface area contributed by atoms with E-state index in [0.717, 1.165) is 11.6 Å². The van der Waals surface area contributed by atoms with Crippen LogP contribution in [-0.4, -0.2) is 19.6 Å². The third-order valence-corrected chi connectivity index (χ3v) is 3.20. The highest BCUT2D eigenvalue weighted by Crippen LogP contribution is 2.28. The molecule has 0 radical (unpaired) electrons. The number of halogens is 2. The van der Waals surface area contributed by atoms with Crippen LogP contribution in [0, 0.1) is 12.7 Å². The molecule has 2 rings (SSSR count). The molecule has 1 amide bonds. The van der Waals surface area contributed by atoms with Crippen LogP contribution < -0.4 is 14.8 Å². The second-order valence-corrected chi connectivity index (χ2v) is 5.02. The van der Waals surface area contributed by atoms with E-state index >= 15 is 0 Å². The maximum Gasteiger partial charge on any atom is 0.262 e. The van der Waals surface area contributed by atoms with Gasteiger partial charge in [-0.3, -0.25) is 4.79 Å². The average molecular weight is 324 g/mol. The number of hydrogen-bond donors (Lipinski definition) is 1. The molecule has 6 heteroatoms. The van der Waals surface area contributed by atoms with E-state index in [-0.39, 0.29) is 11.6 Å². The van der Waals surface area contributed by atoms with Gasteiger partial charge in [-0.1, -0.05) is 17.7 Å². The van der Waals surface area contributed by atoms with Crippen LogP contribution in [0.25, 0.3) is 0 Å². The molecule has 2 aromatic carbocycles. The number of anilines is 1. The number of nitrogens with one attached hydrogen (secondary N) is 1. The van der Waals surface area contributed by atoms with Crippen LogP contribution in [0.3, 0.4) is 0 Å². The molecule has 0 aliphatic rings. The summed E-state index contributed by atoms with van der Waals surface area (Å²) in [6, 6.07) is 9.12. The number of ether oxygens (including phenoxy) is 2. The Balaban J connectivity index is 1.98. The Hall–Kier alpha value is -2.27. The standard InChI is InChI=1S/C16H15ClFNO3/c1-10-3-6-14(15(7-10)21-2)22-9-16(20)19-13-5-4-11(18)8-12(13)17/h3-8H,9H2,1-2H3,(H,19,20). The molecule has 116 valence electrons. The smallest absolute Gasteiger partial charge is 0.262 e. The van der Waals surface area contributed by atoms with E-state index in [0.29, 0.717) is 17.2 Å². The summed E-state index contributed by atoms with van der Waals surface area (Å²) in [7, 11) is 1.53. The lowest BCUT2D eigenvalue weighted by Gasteiger charge is -2.12. The lowest BCUT2D eigenvalue weighted by atomic mass is 10.2. The van der Waals surface area contributed by atoms with Crippen molar-refractivity contribution < 1.29 is 18.7 Å². The molecule has 0 aromatic heterocycles. The predicted molar refractivity (Wildman–Crippen MR) is 83.3 cm³/mol. The number of rotatable bonds is 5. The number of amides is 1. The number of benzene rings is 2. The zero-order valence-electron chi connectivity index (χ0n) is 12.2. The van der Waals surface area contributed by atoms with Gasteiger partial charge >= 0.3 is 0 Å². The van der Waals surface area contributed by atoms with E-state index in [1.807, 2.05) is 19.1 Å². The molecule has 0 spiro atoms. The molecule has 2 aromatic rings. The van der Waals surface area contributed by atoms with Crippen LogP contribution in [0.2, 0.25) is 5.02 Å². The fraction of sp³-hybridized carbons (Fsp3) is 0.188. The van der Waals surface area contributed by atoms with Crippen LogP contribution in [0.5, 0.6) is 11.5 Å². The third-order valence-electron chi connectivity index (χ3n) is 2.88. The maximum atomic E-state index is 12.9. The first-order chi connectivity index (χ1) is 10.5. The Kier molecular flexibility index (Phi) is 5.22. The fourth-order valence-electron chi connectivity index (χ4n) is 1.81. The summed E-state index contributed by atoms with van der Waals surface area (Å²) in [4.78, 5) is 11.9. The van der Waals surface area contributed by atoms with E-state index in [4.69, 9.17) is 21.1 Å². The van der Waals surface area contributed by atoms with Crippen molar-refractivity contribution in [3.05, 3.63) is 52.8 Å². The summed E-state index contributed by atoms with van der Waals surface area (Å²) in [5.74, 6) is 0.140. The minimum absolute atomic E-state index is 0.126. The van der Waals surface area contributed by atoms with E-state index in [1.165, 1.54) is 19.2 Å². The third kappa shape index (κ3) is 4.11. The quantitative estimate of drug-likeness (QED) is 0.910. The molecule has 22 heavy (non-hydrogen) atoms. The van der Waals surface area contributed by atoms with Gasteiger partial charge in [0.2, 0.25) is 0 Å². The van der Waals surface area contributed by atoms with Crippen LogP contribution >= 0.6 is 11.6 Å². The van der Waals surface area contributed by atoms with Crippen LogP contribution in [0.1, 0.15) is 5.56 Å². The topological polar surface area (TPSA) is 47.6 Å². The summed E-state index contributed by atoms with van der Waals surface area (Å²) < 4.78 is 23.6. The van der Waals surface area contributed by atoms with Crippen molar-refractivity contribution in [2.24, 2.45) is 0 Å². The lowest BCUT2D eigenvalue weighted by molar-refractivity contribution is -0.118. The molecule has 0 fully saturated rings. The van der Waals surface area contributed by atoms with Crippen molar-refractivity contribution >= 4 is 23.2 Å². The number of carbonyl (C=O) groups excluding carboxylic acids is 1. The highest BCUT2D eigenvalue weighted by atomic mass is 35.5. The maximum absolute atomic E-state index is 12.9. The van der Waals surface area contributed by atoms with Crippen LogP contribution in [0.15, 0.2) is 36.4 Å². The van der Waals surface area contributed by atoms with Crippen molar-refractivity contribution in [1.82, 2.24) is 0 Å². The normalized spacial score (nSPS) is 10.2. The molecule has 0 aliphatic heterocycles. The van der Waals surface area contributed by atoms with Gasteiger partial charge in [0.05, 0.1) is 17.8 Å². The summed E-state index contributed by atoms with van der Waals surface area (Å²) in [5, 5.41) is 2.68. The summed E-state index contributed by atoms with van der Waals surface area (Å²) in [6.07, 6.45) is 0. The van der Waals surface area contributed by atoms with Gasteiger partial charge in [-0.25, -0.2) is 4.39 Å². The number of carbonyl (C=O) groups is 1. The molecule has 0 bridgehead atoms. The van der Waals surface area contributed by atoms with Crippen molar-refractivity contribution in [1.29, 1.82) is 0 Å². The molecule has 0 saturated carbocycles. The van der Waals surface area contributed by atoms with Gasteiger partial charge in [-0.15, -0.1) is 0 Å². The number of hydrogen-bond acceptors (Lipinski definition) is 3. The largest absolute Gasteiger partial charge is 0.493 e. The molecular formula is C16H15ClFNO3. The molecule has 0 atom stereocenters. The minimum Gasteiger partial charge on any atom is -0.493 e. The van der Waals surface area contributed by atoms with Gasteiger partial charge < -0.3 is 14.8 Å². The van der Waals surface area contributed by atoms with Gasteiger partial charge in [0, 0.05) is 0 Å². The second kappa shape index (κ2) is 7.13. The average Bonchev–Trinajstić information content (AvgIpc) is 2.48. The Morgan fingerprint density at radius 2 is 2.00 bits per heavy atom. The Labute approximate surface area is 132 Å². The Bertz CT molecular complexity index is 691. The first-order valence-electron chi connectivity index (χ1n) is 6.52. The summed E-state index contributed by atoms with van der Waals surface area (Å²) in [6.45, 7) is 1.71. The SMILES string of the molecule is COc1cc(C)ccc1OCC(=O)Nc1ccc(F)cc1Cl. The predicted octanol–water partition coefficient (Wildman–Crippen LogP) is 3.81. The number of aryl methyl sites for hydroxylation is 1. The van der Waals surface area contributed by atoms with E-state index in [9.17, 15) is 9.18 Å². The zero-order chi connectivity index (χ0) is 16.1. The molecule has 0 aliphatic carbocycles. The van der Waals surface area contributed by atoms with Crippen molar-refractivity contribution in [2.75, 3.05) is 19.0 Å². The van der Waals surface area contributed by atoms with Crippen molar-refractivity contribution in [2.45, 2.75) is 6.92 Å².